The number of benzene rings is 8. The topological polar surface area (TPSA) is 36.2 Å². The molecule has 0 atom stereocenters. The number of hydrogen-bond acceptors (Lipinski definition) is 1. The highest BCUT2D eigenvalue weighted by Crippen LogP contribution is 2.50. The average Bonchev–Trinajstić information content (AvgIpc) is 3.44. The lowest BCUT2D eigenvalue weighted by atomic mass is 9.82. The Hall–Kier alpha value is -6.64. The quantitative estimate of drug-likeness (QED) is 0.134. The highest BCUT2D eigenvalue weighted by molar-refractivity contribution is 6.21. The molecule has 0 heterocycles. The number of amidine groups is 1. The normalized spacial score (nSPS) is 13.4. The van der Waals surface area contributed by atoms with Gasteiger partial charge in [0.25, 0.3) is 0 Å². The SMILES string of the molecule is CC1(C)c2ccccc2-c2cc(-c3ccc(/C=C/C(=NC(=N)c4ccccc4)c4ccccc4-c4cccc5ccccc45)c4ccccc34)ccc21. The van der Waals surface area contributed by atoms with E-state index in [2.05, 4.69) is 172 Å². The van der Waals surface area contributed by atoms with E-state index in [1.54, 1.807) is 0 Å². The Morgan fingerprint density at radius 2 is 1.15 bits per heavy atom. The van der Waals surface area contributed by atoms with Crippen molar-refractivity contribution in [3.8, 4) is 33.4 Å². The van der Waals surface area contributed by atoms with Gasteiger partial charge in [-0.3, -0.25) is 5.41 Å². The van der Waals surface area contributed by atoms with Gasteiger partial charge in [-0.05, 0) is 83.8 Å². The van der Waals surface area contributed by atoms with Crippen molar-refractivity contribution >= 4 is 39.2 Å². The highest BCUT2D eigenvalue weighted by Gasteiger charge is 2.35. The highest BCUT2D eigenvalue weighted by atomic mass is 14.8. The standard InChI is InChI=1S/C51H38N2/c1-51(2)47-26-13-12-23-44(47)46-33-37(28-31-48(46)51)40-30-27-35(39-20-8-9-21-41(39)40)29-32-49(53-50(52)36-16-4-3-5-17-36)45-24-11-10-22-43(45)42-25-14-18-34-15-6-7-19-38(34)42/h3-33,52H,1-2H3/b32-29+,52-50?,53-49?. The van der Waals surface area contributed by atoms with Crippen LogP contribution >= 0.6 is 0 Å². The molecule has 9 rings (SSSR count). The molecule has 0 aromatic heterocycles. The van der Waals surface area contributed by atoms with Gasteiger partial charge < -0.3 is 0 Å². The van der Waals surface area contributed by atoms with Crippen molar-refractivity contribution in [3.63, 3.8) is 0 Å². The number of aliphatic imine (C=N–C) groups is 1. The first kappa shape index (κ1) is 32.3. The third-order valence-electron chi connectivity index (χ3n) is 10.8. The predicted molar refractivity (Wildman–Crippen MR) is 225 cm³/mol. The first-order chi connectivity index (χ1) is 26.0. The minimum atomic E-state index is -0.0243. The molecule has 1 N–H and O–H groups in total. The van der Waals surface area contributed by atoms with E-state index < -0.39 is 0 Å². The summed E-state index contributed by atoms with van der Waals surface area (Å²) in [5, 5.41) is 13.8. The molecular formula is C51H38N2. The zero-order chi connectivity index (χ0) is 35.9. The molecule has 0 radical (unpaired) electrons. The van der Waals surface area contributed by atoms with Gasteiger partial charge in [0.15, 0.2) is 5.84 Å². The smallest absolute Gasteiger partial charge is 0.152 e. The lowest BCUT2D eigenvalue weighted by Crippen LogP contribution is -2.14. The number of nitrogens with one attached hydrogen (secondary N) is 1. The fourth-order valence-electron chi connectivity index (χ4n) is 8.15. The zero-order valence-corrected chi connectivity index (χ0v) is 29.8. The van der Waals surface area contributed by atoms with Crippen molar-refractivity contribution < 1.29 is 0 Å². The third-order valence-corrected chi connectivity index (χ3v) is 10.8. The molecule has 8 aromatic rings. The molecule has 0 spiro atoms. The van der Waals surface area contributed by atoms with Crippen LogP contribution < -0.4 is 0 Å². The molecule has 1 aliphatic carbocycles. The fraction of sp³-hybridized carbons (Fsp3) is 0.0588. The Balaban J connectivity index is 1.16. The number of allylic oxidation sites excluding steroid dienone is 1. The summed E-state index contributed by atoms with van der Waals surface area (Å²) in [5.74, 6) is 0.222. The Kier molecular flexibility index (Phi) is 8.01. The third kappa shape index (κ3) is 5.70. The molecule has 2 nitrogen and oxygen atoms in total. The van der Waals surface area contributed by atoms with E-state index in [1.807, 2.05) is 30.3 Å². The van der Waals surface area contributed by atoms with Crippen molar-refractivity contribution in [1.82, 2.24) is 0 Å². The molecule has 0 unspecified atom stereocenters. The fourth-order valence-corrected chi connectivity index (χ4v) is 8.15. The zero-order valence-electron chi connectivity index (χ0n) is 29.8. The van der Waals surface area contributed by atoms with Gasteiger partial charge in [-0.1, -0.05) is 190 Å². The summed E-state index contributed by atoms with van der Waals surface area (Å²) in [4.78, 5) is 5.02. The summed E-state index contributed by atoms with van der Waals surface area (Å²) in [6.07, 6.45) is 4.24. The van der Waals surface area contributed by atoms with Gasteiger partial charge in [0.1, 0.15) is 0 Å². The monoisotopic (exact) mass is 678 g/mol. The summed E-state index contributed by atoms with van der Waals surface area (Å²) in [5.41, 5.74) is 13.6. The van der Waals surface area contributed by atoms with Crippen LogP contribution in [0.25, 0.3) is 61.0 Å². The molecule has 0 saturated heterocycles. The van der Waals surface area contributed by atoms with Crippen LogP contribution in [-0.4, -0.2) is 11.5 Å². The summed E-state index contributed by atoms with van der Waals surface area (Å²) >= 11 is 0. The summed E-state index contributed by atoms with van der Waals surface area (Å²) in [6.45, 7) is 4.65. The van der Waals surface area contributed by atoms with E-state index in [0.717, 1.165) is 33.5 Å². The van der Waals surface area contributed by atoms with E-state index in [4.69, 9.17) is 10.4 Å². The van der Waals surface area contributed by atoms with E-state index in [0.29, 0.717) is 0 Å². The lowest BCUT2D eigenvalue weighted by molar-refractivity contribution is 0.660. The first-order valence-electron chi connectivity index (χ1n) is 18.2. The Labute approximate surface area is 311 Å². The second-order valence-corrected chi connectivity index (χ2v) is 14.3. The number of rotatable bonds is 6. The van der Waals surface area contributed by atoms with Crippen LogP contribution in [0.1, 0.15) is 41.7 Å². The minimum absolute atomic E-state index is 0.0243. The molecule has 0 aliphatic heterocycles. The van der Waals surface area contributed by atoms with Gasteiger partial charge in [0.2, 0.25) is 0 Å². The van der Waals surface area contributed by atoms with Crippen LogP contribution in [0.3, 0.4) is 0 Å². The summed E-state index contributed by atoms with van der Waals surface area (Å²) in [7, 11) is 0. The lowest BCUT2D eigenvalue weighted by Gasteiger charge is -2.21. The van der Waals surface area contributed by atoms with Gasteiger partial charge in [-0.25, -0.2) is 4.99 Å². The van der Waals surface area contributed by atoms with Gasteiger partial charge in [0.05, 0.1) is 5.71 Å². The average molecular weight is 679 g/mol. The van der Waals surface area contributed by atoms with E-state index in [9.17, 15) is 0 Å². The summed E-state index contributed by atoms with van der Waals surface area (Å²) < 4.78 is 0. The van der Waals surface area contributed by atoms with Gasteiger partial charge in [-0.15, -0.1) is 0 Å². The van der Waals surface area contributed by atoms with Gasteiger partial charge in [0, 0.05) is 16.5 Å². The molecule has 1 aliphatic rings. The Morgan fingerprint density at radius 1 is 0.509 bits per heavy atom. The molecule has 0 amide bonds. The van der Waals surface area contributed by atoms with E-state index in [-0.39, 0.29) is 11.3 Å². The van der Waals surface area contributed by atoms with Crippen molar-refractivity contribution in [3.05, 3.63) is 210 Å². The summed E-state index contributed by atoms with van der Waals surface area (Å²) in [6, 6.07) is 62.0. The molecule has 0 bridgehead atoms. The van der Waals surface area contributed by atoms with Crippen molar-refractivity contribution in [2.75, 3.05) is 0 Å². The minimum Gasteiger partial charge on any atom is -0.282 e. The van der Waals surface area contributed by atoms with Crippen LogP contribution in [0.5, 0.6) is 0 Å². The van der Waals surface area contributed by atoms with Crippen LogP contribution in [0.15, 0.2) is 187 Å². The maximum atomic E-state index is 9.05. The number of fused-ring (bicyclic) bond motifs is 5. The second kappa shape index (κ2) is 13.2. The number of hydrogen-bond donors (Lipinski definition) is 1. The van der Waals surface area contributed by atoms with Crippen LogP contribution in [0.2, 0.25) is 0 Å². The van der Waals surface area contributed by atoms with Gasteiger partial charge in [-0.2, -0.15) is 0 Å². The first-order valence-corrected chi connectivity index (χ1v) is 18.2. The van der Waals surface area contributed by atoms with Crippen LogP contribution in [0, 0.1) is 5.41 Å². The molecule has 0 fully saturated rings. The van der Waals surface area contributed by atoms with Crippen molar-refractivity contribution in [2.24, 2.45) is 4.99 Å². The molecule has 8 aromatic carbocycles. The van der Waals surface area contributed by atoms with Gasteiger partial charge >= 0.3 is 0 Å². The van der Waals surface area contributed by atoms with Crippen LogP contribution in [-0.2, 0) is 5.41 Å². The maximum absolute atomic E-state index is 9.05. The molecular weight excluding hydrogens is 641 g/mol. The molecule has 2 heteroatoms. The Morgan fingerprint density at radius 3 is 2.00 bits per heavy atom. The molecule has 252 valence electrons. The van der Waals surface area contributed by atoms with Crippen molar-refractivity contribution in [2.45, 2.75) is 19.3 Å². The predicted octanol–water partition coefficient (Wildman–Crippen LogP) is 13.2. The Bertz CT molecular complexity index is 2760. The maximum Gasteiger partial charge on any atom is 0.152 e. The van der Waals surface area contributed by atoms with E-state index >= 15 is 0 Å². The van der Waals surface area contributed by atoms with E-state index in [1.165, 1.54) is 54.9 Å². The van der Waals surface area contributed by atoms with Crippen LogP contribution in [0.4, 0.5) is 0 Å². The molecule has 0 saturated carbocycles. The number of nitrogens with zero attached hydrogens (tertiary/aromatic N) is 1. The largest absolute Gasteiger partial charge is 0.282 e. The molecule has 53 heavy (non-hydrogen) atoms. The second-order valence-electron chi connectivity index (χ2n) is 14.3. The van der Waals surface area contributed by atoms with Crippen molar-refractivity contribution in [1.29, 1.82) is 5.41 Å².